The smallest absolute Gasteiger partial charge is 0.243 e. The highest BCUT2D eigenvalue weighted by molar-refractivity contribution is 7.92. The summed E-state index contributed by atoms with van der Waals surface area (Å²) < 4.78 is 36.1. The van der Waals surface area contributed by atoms with E-state index >= 15 is 0 Å². The normalized spacial score (nSPS) is 18.9. The number of nitrogens with zero attached hydrogens (tertiary/aromatic N) is 1. The van der Waals surface area contributed by atoms with Crippen molar-refractivity contribution in [3.05, 3.63) is 24.3 Å². The Morgan fingerprint density at radius 1 is 1.50 bits per heavy atom. The van der Waals surface area contributed by atoms with E-state index < -0.39 is 16.1 Å². The standard InChI is InChI=1S/C16H24N2O5S/c1-12(16(19)17-11-15-8-5-9-23-15)18(24(3,20)21)13-6-4-7-14(10-13)22-2/h4,6-7,10,12,15H,5,8-9,11H2,1-3H3,(H,17,19)/t12-,15+/m1/s1. The maximum Gasteiger partial charge on any atom is 0.243 e. The number of ether oxygens (including phenoxy) is 2. The third-order valence-electron chi connectivity index (χ3n) is 3.92. The molecule has 8 heteroatoms. The lowest BCUT2D eigenvalue weighted by atomic mass is 10.2. The molecule has 1 aromatic rings. The maximum absolute atomic E-state index is 12.4. The van der Waals surface area contributed by atoms with Crippen LogP contribution in [0.15, 0.2) is 24.3 Å². The lowest BCUT2D eigenvalue weighted by Gasteiger charge is -2.28. The predicted molar refractivity (Wildman–Crippen MR) is 91.8 cm³/mol. The van der Waals surface area contributed by atoms with Gasteiger partial charge in [0.05, 0.1) is 25.2 Å². The second kappa shape index (κ2) is 7.85. The Labute approximate surface area is 143 Å². The number of anilines is 1. The Bertz CT molecular complexity index is 671. The quantitative estimate of drug-likeness (QED) is 0.792. The fourth-order valence-electron chi connectivity index (χ4n) is 2.72. The van der Waals surface area contributed by atoms with Gasteiger partial charge in [-0.15, -0.1) is 0 Å². The van der Waals surface area contributed by atoms with Gasteiger partial charge < -0.3 is 14.8 Å². The number of methoxy groups -OCH3 is 1. The summed E-state index contributed by atoms with van der Waals surface area (Å²) in [5, 5.41) is 2.77. The molecule has 1 aliphatic heterocycles. The Hall–Kier alpha value is -1.80. The minimum atomic E-state index is -3.64. The van der Waals surface area contributed by atoms with E-state index in [4.69, 9.17) is 9.47 Å². The summed E-state index contributed by atoms with van der Waals surface area (Å²) in [6, 6.07) is 5.74. The van der Waals surface area contributed by atoms with Gasteiger partial charge in [-0.3, -0.25) is 9.10 Å². The minimum absolute atomic E-state index is 0.00431. The van der Waals surface area contributed by atoms with Gasteiger partial charge in [-0.2, -0.15) is 0 Å². The summed E-state index contributed by atoms with van der Waals surface area (Å²) in [7, 11) is -2.14. The van der Waals surface area contributed by atoms with Crippen molar-refractivity contribution in [2.75, 3.05) is 30.8 Å². The Morgan fingerprint density at radius 2 is 2.25 bits per heavy atom. The largest absolute Gasteiger partial charge is 0.497 e. The van der Waals surface area contributed by atoms with Crippen molar-refractivity contribution in [3.63, 3.8) is 0 Å². The van der Waals surface area contributed by atoms with E-state index in [9.17, 15) is 13.2 Å². The number of carbonyl (C=O) groups is 1. The van der Waals surface area contributed by atoms with Crippen LogP contribution < -0.4 is 14.4 Å². The molecule has 0 saturated carbocycles. The van der Waals surface area contributed by atoms with Crippen molar-refractivity contribution < 1.29 is 22.7 Å². The Balaban J connectivity index is 2.15. The van der Waals surface area contributed by atoms with Crippen LogP contribution in [0.1, 0.15) is 19.8 Å². The zero-order chi connectivity index (χ0) is 17.7. The summed E-state index contributed by atoms with van der Waals surface area (Å²) >= 11 is 0. The van der Waals surface area contributed by atoms with Crippen LogP contribution in [0.25, 0.3) is 0 Å². The number of sulfonamides is 1. The molecule has 1 fully saturated rings. The summed E-state index contributed by atoms with van der Waals surface area (Å²) in [6.45, 7) is 2.65. The molecule has 1 heterocycles. The maximum atomic E-state index is 12.4. The van der Waals surface area contributed by atoms with Crippen LogP contribution in [-0.4, -0.2) is 53.0 Å². The third-order valence-corrected chi connectivity index (χ3v) is 5.17. The van der Waals surface area contributed by atoms with Crippen LogP contribution in [-0.2, 0) is 19.6 Å². The number of nitrogens with one attached hydrogen (secondary N) is 1. The van der Waals surface area contributed by atoms with Crippen LogP contribution in [0.3, 0.4) is 0 Å². The second-order valence-electron chi connectivity index (χ2n) is 5.82. The third kappa shape index (κ3) is 4.61. The topological polar surface area (TPSA) is 84.9 Å². The number of carbonyl (C=O) groups excluding carboxylic acids is 1. The van der Waals surface area contributed by atoms with Crippen molar-refractivity contribution in [3.8, 4) is 5.75 Å². The Kier molecular flexibility index (Phi) is 6.06. The molecular weight excluding hydrogens is 332 g/mol. The lowest BCUT2D eigenvalue weighted by Crippen LogP contribution is -2.49. The SMILES string of the molecule is COc1cccc(N([C@H](C)C(=O)NC[C@@H]2CCCO2)S(C)(=O)=O)c1. The summed E-state index contributed by atoms with van der Waals surface area (Å²) in [5.41, 5.74) is 0.386. The summed E-state index contributed by atoms with van der Waals surface area (Å²) in [4.78, 5) is 12.4. The van der Waals surface area contributed by atoms with Crippen LogP contribution in [0.2, 0.25) is 0 Å². The first-order chi connectivity index (χ1) is 11.3. The van der Waals surface area contributed by atoms with Gasteiger partial charge >= 0.3 is 0 Å². The zero-order valence-corrected chi connectivity index (χ0v) is 15.0. The van der Waals surface area contributed by atoms with Gasteiger partial charge in [0.2, 0.25) is 15.9 Å². The Morgan fingerprint density at radius 3 is 2.83 bits per heavy atom. The number of hydrogen-bond donors (Lipinski definition) is 1. The minimum Gasteiger partial charge on any atom is -0.497 e. The summed E-state index contributed by atoms with van der Waals surface area (Å²) in [5.74, 6) is 0.159. The van der Waals surface area contributed by atoms with Crippen molar-refractivity contribution >= 4 is 21.6 Å². The van der Waals surface area contributed by atoms with Gasteiger partial charge in [-0.25, -0.2) is 8.42 Å². The molecule has 0 bridgehead atoms. The first-order valence-corrected chi connectivity index (χ1v) is 9.70. The molecule has 2 atom stereocenters. The number of amides is 1. The molecular formula is C16H24N2O5S. The van der Waals surface area contributed by atoms with Crippen molar-refractivity contribution in [1.29, 1.82) is 0 Å². The average Bonchev–Trinajstić information content (AvgIpc) is 3.05. The van der Waals surface area contributed by atoms with Crippen LogP contribution in [0.4, 0.5) is 5.69 Å². The van der Waals surface area contributed by atoms with Gasteiger partial charge in [0.1, 0.15) is 11.8 Å². The van der Waals surface area contributed by atoms with E-state index in [0.29, 0.717) is 24.6 Å². The highest BCUT2D eigenvalue weighted by Crippen LogP contribution is 2.25. The average molecular weight is 356 g/mol. The molecule has 1 aliphatic rings. The summed E-state index contributed by atoms with van der Waals surface area (Å²) in [6.07, 6.45) is 2.97. The van der Waals surface area contributed by atoms with Crippen molar-refractivity contribution in [2.45, 2.75) is 31.9 Å². The van der Waals surface area contributed by atoms with E-state index in [1.54, 1.807) is 31.2 Å². The van der Waals surface area contributed by atoms with Gasteiger partial charge in [-0.1, -0.05) is 6.07 Å². The van der Waals surface area contributed by atoms with E-state index in [0.717, 1.165) is 23.4 Å². The molecule has 7 nitrogen and oxygen atoms in total. The number of rotatable bonds is 7. The van der Waals surface area contributed by atoms with Gasteiger partial charge in [0.25, 0.3) is 0 Å². The van der Waals surface area contributed by atoms with Crippen molar-refractivity contribution in [1.82, 2.24) is 5.32 Å². The molecule has 2 rings (SSSR count). The number of hydrogen-bond acceptors (Lipinski definition) is 5. The van der Waals surface area contributed by atoms with Gasteiger partial charge in [0, 0.05) is 19.2 Å². The molecule has 1 amide bonds. The molecule has 0 aromatic heterocycles. The first-order valence-electron chi connectivity index (χ1n) is 7.85. The number of benzene rings is 1. The molecule has 1 saturated heterocycles. The molecule has 0 radical (unpaired) electrons. The molecule has 1 aromatic carbocycles. The van der Waals surface area contributed by atoms with E-state index in [1.165, 1.54) is 7.11 Å². The zero-order valence-electron chi connectivity index (χ0n) is 14.2. The van der Waals surface area contributed by atoms with E-state index in [2.05, 4.69) is 5.32 Å². The molecule has 0 aliphatic carbocycles. The molecule has 1 N–H and O–H groups in total. The monoisotopic (exact) mass is 356 g/mol. The molecule has 0 spiro atoms. The van der Waals surface area contributed by atoms with E-state index in [-0.39, 0.29) is 12.0 Å². The predicted octanol–water partition coefficient (Wildman–Crippen LogP) is 1.14. The van der Waals surface area contributed by atoms with Gasteiger partial charge in [-0.05, 0) is 31.9 Å². The highest BCUT2D eigenvalue weighted by atomic mass is 32.2. The molecule has 24 heavy (non-hydrogen) atoms. The first kappa shape index (κ1) is 18.5. The van der Waals surface area contributed by atoms with E-state index in [1.807, 2.05) is 0 Å². The lowest BCUT2D eigenvalue weighted by molar-refractivity contribution is -0.122. The van der Waals surface area contributed by atoms with Crippen molar-refractivity contribution in [2.24, 2.45) is 0 Å². The van der Waals surface area contributed by atoms with Crippen LogP contribution in [0.5, 0.6) is 5.75 Å². The fraction of sp³-hybridized carbons (Fsp3) is 0.562. The molecule has 134 valence electrons. The molecule has 0 unspecified atom stereocenters. The highest BCUT2D eigenvalue weighted by Gasteiger charge is 2.30. The fourth-order valence-corrected chi connectivity index (χ4v) is 3.89. The van der Waals surface area contributed by atoms with Gasteiger partial charge in [0.15, 0.2) is 0 Å². The second-order valence-corrected chi connectivity index (χ2v) is 7.68. The van der Waals surface area contributed by atoms with Crippen LogP contribution in [0, 0.1) is 0 Å². The van der Waals surface area contributed by atoms with Crippen LogP contribution >= 0.6 is 0 Å².